The summed E-state index contributed by atoms with van der Waals surface area (Å²) in [4.78, 5) is 26.1. The summed E-state index contributed by atoms with van der Waals surface area (Å²) >= 11 is 1.52. The molecule has 4 nitrogen and oxygen atoms in total. The Bertz CT molecular complexity index is 935. The number of thioether (sulfide) groups is 1. The maximum atomic E-state index is 13.8. The molecule has 2 aliphatic heterocycles. The van der Waals surface area contributed by atoms with Crippen LogP contribution >= 0.6 is 11.8 Å². The van der Waals surface area contributed by atoms with Crippen LogP contribution in [-0.2, 0) is 0 Å². The van der Waals surface area contributed by atoms with E-state index in [1.54, 1.807) is 0 Å². The zero-order valence-electron chi connectivity index (χ0n) is 18.1. The zero-order chi connectivity index (χ0) is 23.1. The Morgan fingerprint density at radius 3 is 1.56 bits per heavy atom. The average molecular weight is 465 g/mol. The van der Waals surface area contributed by atoms with Gasteiger partial charge in [0.1, 0.15) is 17.5 Å². The number of anilines is 2. The van der Waals surface area contributed by atoms with Gasteiger partial charge in [-0.25, -0.2) is 13.2 Å². The first-order valence-electron chi connectivity index (χ1n) is 10.8. The van der Waals surface area contributed by atoms with Crippen molar-refractivity contribution in [3.8, 4) is 0 Å². The van der Waals surface area contributed by atoms with Gasteiger partial charge in [-0.05, 0) is 55.7 Å². The highest BCUT2D eigenvalue weighted by molar-refractivity contribution is 7.99. The van der Waals surface area contributed by atoms with Crippen molar-refractivity contribution in [2.45, 2.75) is 37.5 Å². The van der Waals surface area contributed by atoms with Gasteiger partial charge in [0, 0.05) is 42.4 Å². The lowest BCUT2D eigenvalue weighted by Gasteiger charge is -2.19. The van der Waals surface area contributed by atoms with E-state index in [2.05, 4.69) is 4.90 Å². The van der Waals surface area contributed by atoms with Crippen LogP contribution in [0.4, 0.5) is 24.5 Å². The molecule has 0 saturated carbocycles. The second-order valence-corrected chi connectivity index (χ2v) is 9.03. The van der Waals surface area contributed by atoms with Crippen LogP contribution in [0.15, 0.2) is 29.2 Å². The fraction of sp³-hybridized carbons (Fsp3) is 0.417. The van der Waals surface area contributed by atoms with Gasteiger partial charge in [-0.2, -0.15) is 0 Å². The van der Waals surface area contributed by atoms with E-state index in [0.29, 0.717) is 12.0 Å². The van der Waals surface area contributed by atoms with Crippen molar-refractivity contribution in [1.82, 2.24) is 0 Å². The summed E-state index contributed by atoms with van der Waals surface area (Å²) in [7, 11) is 0. The summed E-state index contributed by atoms with van der Waals surface area (Å²) in [6.07, 6.45) is 5.22. The van der Waals surface area contributed by atoms with Crippen molar-refractivity contribution in [3.63, 3.8) is 0 Å². The minimum atomic E-state index is -0.785. The molecule has 2 aliphatic rings. The molecule has 0 atom stereocenters. The standard InChI is InChI=1S/C13H16FNOS.C11H11F2NO/c1-2-17-13-8-10(15-5-3-4-6-15)7-12(14)11(13)9-16;12-10-5-8(14-3-1-2-4-14)6-11(13)9(10)7-15/h7-9H,2-6H2,1H3;5-7H,1-4H2. The highest BCUT2D eigenvalue weighted by atomic mass is 32.2. The molecule has 4 rings (SSSR count). The maximum absolute atomic E-state index is 13.8. The topological polar surface area (TPSA) is 40.6 Å². The van der Waals surface area contributed by atoms with E-state index in [4.69, 9.17) is 0 Å². The molecule has 8 heteroatoms. The molecule has 0 unspecified atom stereocenters. The number of halogens is 3. The Morgan fingerprint density at radius 2 is 1.16 bits per heavy atom. The van der Waals surface area contributed by atoms with E-state index in [-0.39, 0.29) is 11.8 Å². The second kappa shape index (κ2) is 11.4. The first kappa shape index (κ1) is 24.2. The highest BCUT2D eigenvalue weighted by Gasteiger charge is 2.18. The molecule has 2 aromatic rings. The van der Waals surface area contributed by atoms with Crippen molar-refractivity contribution in [2.24, 2.45) is 0 Å². The highest BCUT2D eigenvalue weighted by Crippen LogP contribution is 2.31. The lowest BCUT2D eigenvalue weighted by molar-refractivity contribution is 0.110. The van der Waals surface area contributed by atoms with Gasteiger partial charge in [0.2, 0.25) is 0 Å². The van der Waals surface area contributed by atoms with Gasteiger partial charge in [-0.1, -0.05) is 6.92 Å². The molecular weight excluding hydrogens is 437 g/mol. The lowest BCUT2D eigenvalue weighted by Crippen LogP contribution is -2.18. The van der Waals surface area contributed by atoms with Crippen LogP contribution in [0.2, 0.25) is 0 Å². The van der Waals surface area contributed by atoms with Crippen molar-refractivity contribution >= 4 is 35.7 Å². The molecule has 2 saturated heterocycles. The number of nitrogens with zero attached hydrogens (tertiary/aromatic N) is 2. The van der Waals surface area contributed by atoms with Crippen LogP contribution < -0.4 is 9.80 Å². The second-order valence-electron chi connectivity index (χ2n) is 7.72. The fourth-order valence-corrected chi connectivity index (χ4v) is 4.78. The summed E-state index contributed by atoms with van der Waals surface area (Å²) in [5.41, 5.74) is 1.13. The number of hydrogen-bond acceptors (Lipinski definition) is 5. The van der Waals surface area contributed by atoms with Crippen LogP contribution in [0.25, 0.3) is 0 Å². The molecule has 2 aromatic carbocycles. The minimum Gasteiger partial charge on any atom is -0.371 e. The van der Waals surface area contributed by atoms with Gasteiger partial charge in [-0.15, -0.1) is 11.8 Å². The van der Waals surface area contributed by atoms with Gasteiger partial charge in [0.15, 0.2) is 12.6 Å². The third kappa shape index (κ3) is 5.65. The SMILES string of the molecule is CCSc1cc(N2CCCC2)cc(F)c1C=O.O=Cc1c(F)cc(N2CCCC2)cc1F. The number of carbonyl (C=O) groups is 2. The summed E-state index contributed by atoms with van der Waals surface area (Å²) in [6, 6.07) is 5.86. The number of carbonyl (C=O) groups excluding carboxylic acids is 2. The molecule has 0 bridgehead atoms. The van der Waals surface area contributed by atoms with Crippen LogP contribution in [-0.4, -0.2) is 44.5 Å². The summed E-state index contributed by atoms with van der Waals surface area (Å²) in [5, 5.41) is 0. The summed E-state index contributed by atoms with van der Waals surface area (Å²) < 4.78 is 40.4. The number of hydrogen-bond donors (Lipinski definition) is 0. The van der Waals surface area contributed by atoms with Crippen LogP contribution in [0.5, 0.6) is 0 Å². The van der Waals surface area contributed by atoms with Gasteiger partial charge in [0.05, 0.1) is 11.1 Å². The third-order valence-electron chi connectivity index (χ3n) is 5.62. The Kier molecular flexibility index (Phi) is 8.61. The maximum Gasteiger partial charge on any atom is 0.155 e. The fourth-order valence-electron chi connectivity index (χ4n) is 3.97. The first-order chi connectivity index (χ1) is 15.5. The number of benzene rings is 2. The Hall–Kier alpha value is -2.48. The summed E-state index contributed by atoms with van der Waals surface area (Å²) in [6.45, 7) is 5.60. The monoisotopic (exact) mass is 464 g/mol. The zero-order valence-corrected chi connectivity index (χ0v) is 18.9. The van der Waals surface area contributed by atoms with E-state index in [1.807, 2.05) is 17.9 Å². The van der Waals surface area contributed by atoms with Crippen molar-refractivity contribution in [3.05, 3.63) is 52.8 Å². The lowest BCUT2D eigenvalue weighted by atomic mass is 10.2. The minimum absolute atomic E-state index is 0.194. The Morgan fingerprint density at radius 1 is 0.750 bits per heavy atom. The molecule has 2 heterocycles. The van der Waals surface area contributed by atoms with Crippen molar-refractivity contribution < 1.29 is 22.8 Å². The Labute approximate surface area is 190 Å². The Balaban J connectivity index is 0.000000182. The molecule has 0 amide bonds. The summed E-state index contributed by atoms with van der Waals surface area (Å²) in [5.74, 6) is -1.14. The molecule has 0 radical (unpaired) electrons. The van der Waals surface area contributed by atoms with E-state index in [9.17, 15) is 22.8 Å². The third-order valence-corrected chi connectivity index (χ3v) is 6.56. The molecule has 0 N–H and O–H groups in total. The predicted octanol–water partition coefficient (Wildman–Crippen LogP) is 5.73. The molecule has 32 heavy (non-hydrogen) atoms. The molecule has 0 spiro atoms. The van der Waals surface area contributed by atoms with E-state index < -0.39 is 23.0 Å². The van der Waals surface area contributed by atoms with Gasteiger partial charge >= 0.3 is 0 Å². The van der Waals surface area contributed by atoms with E-state index in [1.165, 1.54) is 30.0 Å². The smallest absolute Gasteiger partial charge is 0.155 e. The number of aldehydes is 2. The van der Waals surface area contributed by atoms with Crippen molar-refractivity contribution in [2.75, 3.05) is 41.7 Å². The normalized spacial score (nSPS) is 15.5. The quantitative estimate of drug-likeness (QED) is 0.404. The number of rotatable bonds is 6. The van der Waals surface area contributed by atoms with Gasteiger partial charge in [-0.3, -0.25) is 9.59 Å². The van der Waals surface area contributed by atoms with E-state index >= 15 is 0 Å². The van der Waals surface area contributed by atoms with E-state index in [0.717, 1.165) is 68.2 Å². The van der Waals surface area contributed by atoms with Crippen LogP contribution in [0, 0.1) is 17.5 Å². The molecule has 0 aliphatic carbocycles. The van der Waals surface area contributed by atoms with Gasteiger partial charge < -0.3 is 9.80 Å². The van der Waals surface area contributed by atoms with Crippen LogP contribution in [0.3, 0.4) is 0 Å². The largest absolute Gasteiger partial charge is 0.371 e. The molecule has 2 fully saturated rings. The molecular formula is C24H27F3N2O2S. The van der Waals surface area contributed by atoms with Gasteiger partial charge in [0.25, 0.3) is 0 Å². The first-order valence-corrected chi connectivity index (χ1v) is 11.8. The molecule has 172 valence electrons. The van der Waals surface area contributed by atoms with Crippen molar-refractivity contribution in [1.29, 1.82) is 0 Å². The predicted molar refractivity (Wildman–Crippen MR) is 123 cm³/mol. The average Bonchev–Trinajstić information content (AvgIpc) is 3.48. The van der Waals surface area contributed by atoms with Crippen LogP contribution in [0.1, 0.15) is 53.3 Å². The molecule has 0 aromatic heterocycles.